The quantitative estimate of drug-likeness (QED) is 0.534. The van der Waals surface area contributed by atoms with E-state index in [4.69, 9.17) is 14.3 Å². The monoisotopic (exact) mass is 284 g/mol. The smallest absolute Gasteiger partial charge is 0.437 e. The first-order valence-corrected chi connectivity index (χ1v) is 6.27. The van der Waals surface area contributed by atoms with Gasteiger partial charge in [-0.15, -0.1) is 0 Å². The summed E-state index contributed by atoms with van der Waals surface area (Å²) in [6, 6.07) is 14.4. The Bertz CT molecular complexity index is 671. The van der Waals surface area contributed by atoms with Gasteiger partial charge in [0.1, 0.15) is 0 Å². The lowest BCUT2D eigenvalue weighted by Crippen LogP contribution is -2.10. The lowest BCUT2D eigenvalue weighted by Gasteiger charge is -2.03. The molecule has 21 heavy (non-hydrogen) atoms. The first-order valence-electron chi connectivity index (χ1n) is 6.27. The molecule has 0 spiro atoms. The molecule has 0 saturated carbocycles. The van der Waals surface area contributed by atoms with Crippen LogP contribution in [0.2, 0.25) is 0 Å². The van der Waals surface area contributed by atoms with Crippen LogP contribution in [0.4, 0.5) is 10.5 Å². The Hall–Kier alpha value is -3.02. The standard InChI is InChI=1S/C15H12N2O4/c18-15(21-16-9-11-4-2-1-3-5-11)17-12-6-7-13-14(8-12)20-10-19-13/h1-9H,10H2,(H,17,18)/b16-9-. The van der Waals surface area contributed by atoms with Crippen LogP contribution < -0.4 is 14.8 Å². The summed E-state index contributed by atoms with van der Waals surface area (Å²) < 4.78 is 10.4. The molecular weight excluding hydrogens is 272 g/mol. The Kier molecular flexibility index (Phi) is 3.68. The van der Waals surface area contributed by atoms with Gasteiger partial charge in [-0.05, 0) is 17.7 Å². The molecule has 6 heteroatoms. The van der Waals surface area contributed by atoms with Crippen LogP contribution in [0.25, 0.3) is 0 Å². The summed E-state index contributed by atoms with van der Waals surface area (Å²) in [5.74, 6) is 1.23. The highest BCUT2D eigenvalue weighted by Crippen LogP contribution is 2.34. The average Bonchev–Trinajstić information content (AvgIpc) is 2.96. The van der Waals surface area contributed by atoms with Crippen LogP contribution in [-0.4, -0.2) is 19.1 Å². The Morgan fingerprint density at radius 3 is 2.81 bits per heavy atom. The van der Waals surface area contributed by atoms with Gasteiger partial charge in [0.25, 0.3) is 0 Å². The van der Waals surface area contributed by atoms with E-state index in [1.54, 1.807) is 18.2 Å². The molecule has 0 fully saturated rings. The van der Waals surface area contributed by atoms with Crippen LogP contribution in [0.3, 0.4) is 0 Å². The molecule has 2 aromatic carbocycles. The first-order chi connectivity index (χ1) is 10.3. The fraction of sp³-hybridized carbons (Fsp3) is 0.0667. The van der Waals surface area contributed by atoms with Crippen LogP contribution in [-0.2, 0) is 4.84 Å². The molecule has 6 nitrogen and oxygen atoms in total. The van der Waals surface area contributed by atoms with E-state index in [0.29, 0.717) is 17.2 Å². The van der Waals surface area contributed by atoms with E-state index in [1.165, 1.54) is 6.21 Å². The average molecular weight is 284 g/mol. The highest BCUT2D eigenvalue weighted by Gasteiger charge is 2.14. The second kappa shape index (κ2) is 5.96. The van der Waals surface area contributed by atoms with Crippen molar-refractivity contribution in [3.63, 3.8) is 0 Å². The van der Waals surface area contributed by atoms with Crippen LogP contribution in [0.1, 0.15) is 5.56 Å². The number of amides is 1. The molecule has 0 saturated heterocycles. The van der Waals surface area contributed by atoms with Gasteiger partial charge in [-0.1, -0.05) is 35.5 Å². The number of hydrogen-bond acceptors (Lipinski definition) is 5. The number of oxime groups is 1. The molecule has 0 aliphatic carbocycles. The summed E-state index contributed by atoms with van der Waals surface area (Å²) in [4.78, 5) is 16.3. The van der Waals surface area contributed by atoms with Gasteiger partial charge < -0.3 is 9.47 Å². The fourth-order valence-electron chi connectivity index (χ4n) is 1.79. The number of nitrogens with one attached hydrogen (secondary N) is 1. The van der Waals surface area contributed by atoms with E-state index in [-0.39, 0.29) is 6.79 Å². The van der Waals surface area contributed by atoms with E-state index < -0.39 is 6.09 Å². The molecule has 106 valence electrons. The zero-order chi connectivity index (χ0) is 14.5. The minimum atomic E-state index is -0.680. The second-order valence-electron chi connectivity index (χ2n) is 4.22. The molecule has 1 N–H and O–H groups in total. The van der Waals surface area contributed by atoms with Gasteiger partial charge in [-0.25, -0.2) is 4.79 Å². The summed E-state index contributed by atoms with van der Waals surface area (Å²) >= 11 is 0. The Morgan fingerprint density at radius 1 is 1.14 bits per heavy atom. The number of rotatable bonds is 3. The van der Waals surface area contributed by atoms with Crippen molar-refractivity contribution >= 4 is 18.0 Å². The Balaban J connectivity index is 1.56. The van der Waals surface area contributed by atoms with Gasteiger partial charge in [0, 0.05) is 11.8 Å². The van der Waals surface area contributed by atoms with E-state index in [0.717, 1.165) is 5.56 Å². The van der Waals surface area contributed by atoms with Crippen LogP contribution in [0.15, 0.2) is 53.7 Å². The maximum Gasteiger partial charge on any atom is 0.437 e. The molecule has 1 heterocycles. The van der Waals surface area contributed by atoms with Crippen LogP contribution in [0.5, 0.6) is 11.5 Å². The molecule has 0 radical (unpaired) electrons. The number of carbonyl (C=O) groups is 1. The van der Waals surface area contributed by atoms with Crippen molar-refractivity contribution < 1.29 is 19.1 Å². The summed E-state index contributed by atoms with van der Waals surface area (Å²) in [6.07, 6.45) is 0.778. The van der Waals surface area contributed by atoms with E-state index in [9.17, 15) is 4.79 Å². The molecule has 3 rings (SSSR count). The van der Waals surface area contributed by atoms with E-state index >= 15 is 0 Å². The largest absolute Gasteiger partial charge is 0.454 e. The minimum absolute atomic E-state index is 0.185. The summed E-state index contributed by atoms with van der Waals surface area (Å²) in [5, 5.41) is 6.16. The fourth-order valence-corrected chi connectivity index (χ4v) is 1.79. The van der Waals surface area contributed by atoms with Crippen molar-refractivity contribution in [2.24, 2.45) is 5.16 Å². The number of carbonyl (C=O) groups excluding carboxylic acids is 1. The highest BCUT2D eigenvalue weighted by molar-refractivity contribution is 5.86. The first kappa shape index (κ1) is 13.0. The van der Waals surface area contributed by atoms with Gasteiger partial charge >= 0.3 is 6.09 Å². The zero-order valence-electron chi connectivity index (χ0n) is 11.0. The van der Waals surface area contributed by atoms with Crippen LogP contribution in [0, 0.1) is 0 Å². The molecule has 0 atom stereocenters. The van der Waals surface area contributed by atoms with Gasteiger partial charge in [0.15, 0.2) is 11.5 Å². The molecule has 0 bridgehead atoms. The summed E-state index contributed by atoms with van der Waals surface area (Å²) in [6.45, 7) is 0.185. The molecule has 1 aliphatic rings. The number of nitrogens with zero attached hydrogens (tertiary/aromatic N) is 1. The van der Waals surface area contributed by atoms with Gasteiger partial charge in [-0.3, -0.25) is 10.2 Å². The molecule has 1 amide bonds. The third-order valence-corrected chi connectivity index (χ3v) is 2.76. The third kappa shape index (κ3) is 3.30. The number of ether oxygens (including phenoxy) is 2. The zero-order valence-corrected chi connectivity index (χ0v) is 11.0. The predicted molar refractivity (Wildman–Crippen MR) is 76.7 cm³/mol. The Labute approximate surface area is 120 Å². The number of benzene rings is 2. The van der Waals surface area contributed by atoms with Crippen LogP contribution >= 0.6 is 0 Å². The van der Waals surface area contributed by atoms with E-state index in [2.05, 4.69) is 10.5 Å². The predicted octanol–water partition coefficient (Wildman–Crippen LogP) is 3.00. The summed E-state index contributed by atoms with van der Waals surface area (Å²) in [7, 11) is 0. The highest BCUT2D eigenvalue weighted by atomic mass is 16.7. The van der Waals surface area contributed by atoms with Crippen molar-refractivity contribution in [1.29, 1.82) is 0 Å². The molecule has 1 aliphatic heterocycles. The number of hydrogen-bond donors (Lipinski definition) is 1. The minimum Gasteiger partial charge on any atom is -0.454 e. The molecular formula is C15H12N2O4. The van der Waals surface area contributed by atoms with Gasteiger partial charge in [0.05, 0.1) is 6.21 Å². The van der Waals surface area contributed by atoms with Gasteiger partial charge in [0.2, 0.25) is 6.79 Å². The normalized spacial score (nSPS) is 12.4. The number of fused-ring (bicyclic) bond motifs is 1. The third-order valence-electron chi connectivity index (χ3n) is 2.76. The van der Waals surface area contributed by atoms with Crippen molar-refractivity contribution in [3.05, 3.63) is 54.1 Å². The van der Waals surface area contributed by atoms with Gasteiger partial charge in [-0.2, -0.15) is 0 Å². The van der Waals surface area contributed by atoms with E-state index in [1.807, 2.05) is 30.3 Å². The maximum absolute atomic E-state index is 11.6. The van der Waals surface area contributed by atoms with Crippen molar-refractivity contribution in [3.8, 4) is 11.5 Å². The molecule has 0 aromatic heterocycles. The topological polar surface area (TPSA) is 69.2 Å². The van der Waals surface area contributed by atoms with Crippen molar-refractivity contribution in [2.75, 3.05) is 12.1 Å². The van der Waals surface area contributed by atoms with Crippen molar-refractivity contribution in [2.45, 2.75) is 0 Å². The molecule has 2 aromatic rings. The lowest BCUT2D eigenvalue weighted by atomic mass is 10.2. The van der Waals surface area contributed by atoms with Crippen molar-refractivity contribution in [1.82, 2.24) is 0 Å². The Morgan fingerprint density at radius 2 is 1.95 bits per heavy atom. The molecule has 0 unspecified atom stereocenters. The second-order valence-corrected chi connectivity index (χ2v) is 4.22. The number of anilines is 1. The SMILES string of the molecule is O=C(Nc1ccc2c(c1)OCO2)O/N=C\c1ccccc1. The maximum atomic E-state index is 11.6. The lowest BCUT2D eigenvalue weighted by molar-refractivity contribution is 0.167. The summed E-state index contributed by atoms with van der Waals surface area (Å²) in [5.41, 5.74) is 1.38.